The van der Waals surface area contributed by atoms with Gasteiger partial charge < -0.3 is 10.6 Å². The maximum absolute atomic E-state index is 12.0. The minimum absolute atomic E-state index is 0.162. The zero-order valence-corrected chi connectivity index (χ0v) is 15.6. The lowest BCUT2D eigenvalue weighted by atomic mass is 9.86. The number of carbonyl (C=O) groups excluding carboxylic acids is 2. The summed E-state index contributed by atoms with van der Waals surface area (Å²) in [6, 6.07) is 0.727. The van der Waals surface area contributed by atoms with Crippen LogP contribution in [0.5, 0.6) is 0 Å². The van der Waals surface area contributed by atoms with Crippen LogP contribution < -0.4 is 10.6 Å². The summed E-state index contributed by atoms with van der Waals surface area (Å²) in [7, 11) is 0. The van der Waals surface area contributed by atoms with E-state index in [1.807, 2.05) is 0 Å². The van der Waals surface area contributed by atoms with Crippen LogP contribution >= 0.6 is 0 Å². The first-order valence-electron chi connectivity index (χ1n) is 10.1. The average Bonchev–Trinajstić information content (AvgIpc) is 2.56. The van der Waals surface area contributed by atoms with Gasteiger partial charge >= 0.3 is 0 Å². The third-order valence-electron chi connectivity index (χ3n) is 5.97. The van der Waals surface area contributed by atoms with Gasteiger partial charge in [-0.25, -0.2) is 0 Å². The molecule has 2 amide bonds. The van der Waals surface area contributed by atoms with Crippen molar-refractivity contribution in [3.63, 3.8) is 0 Å². The van der Waals surface area contributed by atoms with Gasteiger partial charge in [-0.1, -0.05) is 39.5 Å². The molecule has 138 valence electrons. The molecule has 0 heterocycles. The summed E-state index contributed by atoms with van der Waals surface area (Å²) in [6.07, 6.45) is 12.5. The number of hydrogen-bond donors (Lipinski definition) is 2. The van der Waals surface area contributed by atoms with Crippen molar-refractivity contribution < 1.29 is 9.59 Å². The Morgan fingerprint density at radius 1 is 0.708 bits per heavy atom. The van der Waals surface area contributed by atoms with E-state index in [2.05, 4.69) is 24.5 Å². The summed E-state index contributed by atoms with van der Waals surface area (Å²) >= 11 is 0. The van der Waals surface area contributed by atoms with Gasteiger partial charge in [-0.15, -0.1) is 0 Å². The fourth-order valence-corrected chi connectivity index (χ4v) is 4.19. The van der Waals surface area contributed by atoms with Gasteiger partial charge in [0.2, 0.25) is 11.8 Å². The summed E-state index contributed by atoms with van der Waals surface area (Å²) in [5, 5.41) is 6.38. The zero-order chi connectivity index (χ0) is 17.4. The van der Waals surface area contributed by atoms with Crippen LogP contribution in [-0.2, 0) is 9.59 Å². The molecular formula is C20H36N2O2. The van der Waals surface area contributed by atoms with E-state index >= 15 is 0 Å². The second-order valence-corrected chi connectivity index (χ2v) is 8.08. The van der Waals surface area contributed by atoms with Crippen LogP contribution in [0.15, 0.2) is 0 Å². The van der Waals surface area contributed by atoms with Crippen LogP contribution in [0.3, 0.4) is 0 Å². The van der Waals surface area contributed by atoms with Gasteiger partial charge in [0, 0.05) is 24.9 Å². The SMILES string of the molecule is C[C@H]1CCCC[C@H]1NC(=O)CCCCC(=O)N[C@@H]1CCCC[C@@H]1C. The normalized spacial score (nSPS) is 30.6. The number of nitrogens with one attached hydrogen (secondary N) is 2. The average molecular weight is 337 g/mol. The molecule has 0 aromatic carbocycles. The Balaban J connectivity index is 1.55. The molecule has 4 nitrogen and oxygen atoms in total. The molecule has 4 atom stereocenters. The highest BCUT2D eigenvalue weighted by Gasteiger charge is 2.23. The first kappa shape index (κ1) is 19.3. The smallest absolute Gasteiger partial charge is 0.220 e. The fraction of sp³-hybridized carbons (Fsp3) is 0.900. The molecule has 2 aliphatic carbocycles. The molecule has 0 saturated heterocycles. The van der Waals surface area contributed by atoms with Crippen LogP contribution in [0.25, 0.3) is 0 Å². The molecule has 0 aromatic rings. The van der Waals surface area contributed by atoms with Gasteiger partial charge in [0.15, 0.2) is 0 Å². The van der Waals surface area contributed by atoms with E-state index in [1.54, 1.807) is 0 Å². The number of rotatable bonds is 7. The fourth-order valence-electron chi connectivity index (χ4n) is 4.19. The third-order valence-corrected chi connectivity index (χ3v) is 5.97. The van der Waals surface area contributed by atoms with E-state index in [0.717, 1.165) is 25.7 Å². The highest BCUT2D eigenvalue weighted by atomic mass is 16.2. The molecule has 2 rings (SSSR count). The molecule has 0 radical (unpaired) electrons. The standard InChI is InChI=1S/C20H36N2O2/c1-15-9-3-5-11-17(15)21-19(23)13-7-8-14-20(24)22-18-12-6-4-10-16(18)2/h15-18H,3-14H2,1-2H3,(H,21,23)(H,22,24)/t15-,16-,17+,18+/m0/s1. The Morgan fingerprint density at radius 3 is 1.46 bits per heavy atom. The quantitative estimate of drug-likeness (QED) is 0.692. The van der Waals surface area contributed by atoms with Crippen LogP contribution in [0.4, 0.5) is 0 Å². The van der Waals surface area contributed by atoms with Gasteiger partial charge in [-0.3, -0.25) is 9.59 Å². The Bertz CT molecular complexity index is 372. The van der Waals surface area contributed by atoms with E-state index in [9.17, 15) is 9.59 Å². The van der Waals surface area contributed by atoms with Crippen molar-refractivity contribution in [3.8, 4) is 0 Å². The van der Waals surface area contributed by atoms with Crippen molar-refractivity contribution in [2.75, 3.05) is 0 Å². The minimum Gasteiger partial charge on any atom is -0.353 e. The highest BCUT2D eigenvalue weighted by Crippen LogP contribution is 2.24. The monoisotopic (exact) mass is 336 g/mol. The van der Waals surface area contributed by atoms with Crippen molar-refractivity contribution >= 4 is 11.8 Å². The van der Waals surface area contributed by atoms with Crippen molar-refractivity contribution in [1.29, 1.82) is 0 Å². The molecule has 0 spiro atoms. The highest BCUT2D eigenvalue weighted by molar-refractivity contribution is 5.77. The molecule has 0 bridgehead atoms. The van der Waals surface area contributed by atoms with Crippen LogP contribution in [0, 0.1) is 11.8 Å². The predicted molar refractivity (Wildman–Crippen MR) is 97.6 cm³/mol. The number of amides is 2. The van der Waals surface area contributed by atoms with Crippen molar-refractivity contribution in [3.05, 3.63) is 0 Å². The lowest BCUT2D eigenvalue weighted by Gasteiger charge is -2.29. The third kappa shape index (κ3) is 6.45. The van der Waals surface area contributed by atoms with Crippen LogP contribution in [0.2, 0.25) is 0 Å². The molecule has 0 aromatic heterocycles. The number of carbonyl (C=O) groups is 2. The largest absolute Gasteiger partial charge is 0.353 e. The van der Waals surface area contributed by atoms with Crippen molar-refractivity contribution in [2.24, 2.45) is 11.8 Å². The first-order valence-corrected chi connectivity index (χ1v) is 10.1. The topological polar surface area (TPSA) is 58.2 Å². The van der Waals surface area contributed by atoms with Gasteiger partial charge in [-0.2, -0.15) is 0 Å². The van der Waals surface area contributed by atoms with Crippen LogP contribution in [0.1, 0.15) is 90.9 Å². The lowest BCUT2D eigenvalue weighted by molar-refractivity contribution is -0.124. The lowest BCUT2D eigenvalue weighted by Crippen LogP contribution is -2.41. The van der Waals surface area contributed by atoms with Crippen molar-refractivity contribution in [2.45, 2.75) is 103 Å². The molecule has 2 N–H and O–H groups in total. The van der Waals surface area contributed by atoms with Crippen LogP contribution in [-0.4, -0.2) is 23.9 Å². The molecule has 2 fully saturated rings. The summed E-state index contributed by atoms with van der Waals surface area (Å²) in [6.45, 7) is 4.47. The van der Waals surface area contributed by atoms with E-state index in [1.165, 1.54) is 38.5 Å². The molecular weight excluding hydrogens is 300 g/mol. The summed E-state index contributed by atoms with van der Waals surface area (Å²) in [5.41, 5.74) is 0. The molecule has 2 saturated carbocycles. The van der Waals surface area contributed by atoms with E-state index in [0.29, 0.717) is 36.8 Å². The summed E-state index contributed by atoms with van der Waals surface area (Å²) < 4.78 is 0. The zero-order valence-electron chi connectivity index (χ0n) is 15.6. The second-order valence-electron chi connectivity index (χ2n) is 8.08. The molecule has 4 heteroatoms. The Morgan fingerprint density at radius 2 is 1.08 bits per heavy atom. The molecule has 2 aliphatic rings. The molecule has 0 unspecified atom stereocenters. The number of unbranched alkanes of at least 4 members (excludes halogenated alkanes) is 1. The van der Waals surface area contributed by atoms with E-state index in [-0.39, 0.29) is 11.8 Å². The number of hydrogen-bond acceptors (Lipinski definition) is 2. The van der Waals surface area contributed by atoms with Gasteiger partial charge in [0.1, 0.15) is 0 Å². The predicted octanol–water partition coefficient (Wildman–Crippen LogP) is 3.94. The van der Waals surface area contributed by atoms with Gasteiger partial charge in [0.25, 0.3) is 0 Å². The van der Waals surface area contributed by atoms with Gasteiger partial charge in [0.05, 0.1) is 0 Å². The summed E-state index contributed by atoms with van der Waals surface area (Å²) in [4.78, 5) is 24.1. The Hall–Kier alpha value is -1.06. The Kier molecular flexibility index (Phi) is 8.07. The Labute approximate surface area is 147 Å². The van der Waals surface area contributed by atoms with E-state index < -0.39 is 0 Å². The van der Waals surface area contributed by atoms with E-state index in [4.69, 9.17) is 0 Å². The summed E-state index contributed by atoms with van der Waals surface area (Å²) in [5.74, 6) is 1.53. The molecule has 0 aliphatic heterocycles. The minimum atomic E-state index is 0.162. The van der Waals surface area contributed by atoms with Gasteiger partial charge in [-0.05, 0) is 50.4 Å². The second kappa shape index (κ2) is 10.0. The van der Waals surface area contributed by atoms with Crippen molar-refractivity contribution in [1.82, 2.24) is 10.6 Å². The first-order chi connectivity index (χ1) is 11.6. The maximum atomic E-state index is 12.0. The maximum Gasteiger partial charge on any atom is 0.220 e. The molecule has 24 heavy (non-hydrogen) atoms.